The Hall–Kier alpha value is -1.36. The lowest BCUT2D eigenvalue weighted by atomic mass is 10.0. The standard InChI is InChI=1S/C13H18F2N2O/c1-8(11-4-2-3-7-17-11)18-13-10(16)6-5-9(14)12(13)15/h5-6,8,11,17H,2-4,7,16H2,1H3. The van der Waals surface area contributed by atoms with Crippen LogP contribution in [0.3, 0.4) is 0 Å². The summed E-state index contributed by atoms with van der Waals surface area (Å²) in [5, 5.41) is 3.31. The minimum Gasteiger partial charge on any atom is -0.484 e. The summed E-state index contributed by atoms with van der Waals surface area (Å²) >= 11 is 0. The van der Waals surface area contributed by atoms with Gasteiger partial charge in [0, 0.05) is 6.04 Å². The monoisotopic (exact) mass is 256 g/mol. The van der Waals surface area contributed by atoms with Gasteiger partial charge in [-0.05, 0) is 38.4 Å². The average Bonchev–Trinajstić information content (AvgIpc) is 2.40. The fraction of sp³-hybridized carbons (Fsp3) is 0.538. The molecule has 1 heterocycles. The van der Waals surface area contributed by atoms with Crippen molar-refractivity contribution in [2.24, 2.45) is 0 Å². The third kappa shape index (κ3) is 2.72. The number of piperidine rings is 1. The smallest absolute Gasteiger partial charge is 0.202 e. The molecule has 0 bridgehead atoms. The van der Waals surface area contributed by atoms with Crippen LogP contribution in [0.25, 0.3) is 0 Å². The second kappa shape index (κ2) is 5.52. The molecule has 100 valence electrons. The summed E-state index contributed by atoms with van der Waals surface area (Å²) in [5.74, 6) is -2.14. The van der Waals surface area contributed by atoms with Gasteiger partial charge in [-0.2, -0.15) is 4.39 Å². The second-order valence-electron chi connectivity index (χ2n) is 4.66. The van der Waals surface area contributed by atoms with Crippen molar-refractivity contribution >= 4 is 5.69 Å². The number of nitrogens with two attached hydrogens (primary N) is 1. The number of nitrogen functional groups attached to an aromatic ring is 1. The molecule has 2 atom stereocenters. The number of rotatable bonds is 3. The van der Waals surface area contributed by atoms with Crippen LogP contribution in [-0.2, 0) is 0 Å². The summed E-state index contributed by atoms with van der Waals surface area (Å²) in [5.41, 5.74) is 5.74. The zero-order valence-electron chi connectivity index (χ0n) is 10.4. The van der Waals surface area contributed by atoms with Gasteiger partial charge < -0.3 is 15.8 Å². The van der Waals surface area contributed by atoms with Crippen molar-refractivity contribution in [2.75, 3.05) is 12.3 Å². The molecule has 2 unspecified atom stereocenters. The van der Waals surface area contributed by atoms with Crippen molar-refractivity contribution in [1.29, 1.82) is 0 Å². The van der Waals surface area contributed by atoms with Gasteiger partial charge in [0.25, 0.3) is 0 Å². The van der Waals surface area contributed by atoms with Gasteiger partial charge in [-0.3, -0.25) is 0 Å². The predicted molar refractivity (Wildman–Crippen MR) is 66.5 cm³/mol. The first kappa shape index (κ1) is 13.1. The predicted octanol–water partition coefficient (Wildman–Crippen LogP) is 2.46. The maximum absolute atomic E-state index is 13.6. The zero-order chi connectivity index (χ0) is 13.1. The number of nitrogens with one attached hydrogen (secondary N) is 1. The van der Waals surface area contributed by atoms with E-state index in [9.17, 15) is 8.78 Å². The Balaban J connectivity index is 2.10. The molecule has 0 radical (unpaired) electrons. The highest BCUT2D eigenvalue weighted by Gasteiger charge is 2.23. The van der Waals surface area contributed by atoms with E-state index >= 15 is 0 Å². The highest BCUT2D eigenvalue weighted by molar-refractivity contribution is 5.53. The Kier molecular flexibility index (Phi) is 4.01. The average molecular weight is 256 g/mol. The van der Waals surface area contributed by atoms with Gasteiger partial charge >= 0.3 is 0 Å². The van der Waals surface area contributed by atoms with Crippen LogP contribution in [0.1, 0.15) is 26.2 Å². The van der Waals surface area contributed by atoms with E-state index in [1.54, 1.807) is 0 Å². The normalized spacial score (nSPS) is 21.6. The molecule has 1 aliphatic heterocycles. The van der Waals surface area contributed by atoms with Crippen molar-refractivity contribution in [2.45, 2.75) is 38.3 Å². The van der Waals surface area contributed by atoms with Crippen LogP contribution in [0.5, 0.6) is 5.75 Å². The Morgan fingerprint density at radius 1 is 1.39 bits per heavy atom. The third-order valence-corrected chi connectivity index (χ3v) is 3.30. The second-order valence-corrected chi connectivity index (χ2v) is 4.66. The summed E-state index contributed by atoms with van der Waals surface area (Å²) in [6.07, 6.45) is 2.98. The van der Waals surface area contributed by atoms with E-state index in [0.717, 1.165) is 31.9 Å². The van der Waals surface area contributed by atoms with Crippen LogP contribution in [-0.4, -0.2) is 18.7 Å². The van der Waals surface area contributed by atoms with E-state index in [-0.39, 0.29) is 23.6 Å². The van der Waals surface area contributed by atoms with E-state index < -0.39 is 11.6 Å². The summed E-state index contributed by atoms with van der Waals surface area (Å²) in [4.78, 5) is 0. The quantitative estimate of drug-likeness (QED) is 0.817. The Labute approximate surface area is 105 Å². The molecule has 1 aromatic rings. The highest BCUT2D eigenvalue weighted by Crippen LogP contribution is 2.29. The van der Waals surface area contributed by atoms with Crippen LogP contribution in [0.15, 0.2) is 12.1 Å². The molecular formula is C13H18F2N2O. The molecule has 0 aromatic heterocycles. The van der Waals surface area contributed by atoms with E-state index in [4.69, 9.17) is 10.5 Å². The number of hydrogen-bond donors (Lipinski definition) is 2. The SMILES string of the molecule is CC(Oc1c(N)ccc(F)c1F)C1CCCCN1. The molecule has 2 rings (SSSR count). The topological polar surface area (TPSA) is 47.3 Å². The molecule has 1 fully saturated rings. The van der Waals surface area contributed by atoms with Crippen LogP contribution in [0.4, 0.5) is 14.5 Å². The van der Waals surface area contributed by atoms with Gasteiger partial charge in [0.2, 0.25) is 5.82 Å². The van der Waals surface area contributed by atoms with Crippen LogP contribution in [0, 0.1) is 11.6 Å². The largest absolute Gasteiger partial charge is 0.484 e. The van der Waals surface area contributed by atoms with Gasteiger partial charge in [-0.15, -0.1) is 0 Å². The number of anilines is 1. The number of benzene rings is 1. The van der Waals surface area contributed by atoms with E-state index in [0.29, 0.717) is 0 Å². The van der Waals surface area contributed by atoms with Crippen molar-refractivity contribution in [3.05, 3.63) is 23.8 Å². The number of halogens is 2. The first-order valence-electron chi connectivity index (χ1n) is 6.23. The molecule has 3 nitrogen and oxygen atoms in total. The highest BCUT2D eigenvalue weighted by atomic mass is 19.2. The lowest BCUT2D eigenvalue weighted by Gasteiger charge is -2.29. The molecule has 0 amide bonds. The van der Waals surface area contributed by atoms with Gasteiger partial charge in [-0.1, -0.05) is 6.42 Å². The first-order valence-corrected chi connectivity index (χ1v) is 6.23. The zero-order valence-corrected chi connectivity index (χ0v) is 10.4. The van der Waals surface area contributed by atoms with Gasteiger partial charge in [0.05, 0.1) is 5.69 Å². The first-order chi connectivity index (χ1) is 8.59. The Morgan fingerprint density at radius 3 is 2.83 bits per heavy atom. The van der Waals surface area contributed by atoms with E-state index in [1.807, 2.05) is 6.92 Å². The minimum atomic E-state index is -1.02. The lowest BCUT2D eigenvalue weighted by molar-refractivity contribution is 0.146. The molecule has 1 aliphatic rings. The minimum absolute atomic E-state index is 0.122. The van der Waals surface area contributed by atoms with Gasteiger partial charge in [0.1, 0.15) is 6.10 Å². The molecule has 3 N–H and O–H groups in total. The summed E-state index contributed by atoms with van der Waals surface area (Å²) in [6.45, 7) is 2.77. The molecule has 0 saturated carbocycles. The van der Waals surface area contributed by atoms with E-state index in [2.05, 4.69) is 5.32 Å². The lowest BCUT2D eigenvalue weighted by Crippen LogP contribution is -2.44. The van der Waals surface area contributed by atoms with Crippen molar-refractivity contribution in [1.82, 2.24) is 5.32 Å². The van der Waals surface area contributed by atoms with Crippen molar-refractivity contribution in [3.8, 4) is 5.75 Å². The maximum Gasteiger partial charge on any atom is 0.202 e. The fourth-order valence-corrected chi connectivity index (χ4v) is 2.21. The Bertz CT molecular complexity index is 420. The molecular weight excluding hydrogens is 238 g/mol. The molecule has 5 heteroatoms. The van der Waals surface area contributed by atoms with Gasteiger partial charge in [0.15, 0.2) is 11.6 Å². The summed E-state index contributed by atoms with van der Waals surface area (Å²) in [7, 11) is 0. The van der Waals surface area contributed by atoms with Gasteiger partial charge in [-0.25, -0.2) is 4.39 Å². The summed E-state index contributed by atoms with van der Waals surface area (Å²) < 4.78 is 32.2. The Morgan fingerprint density at radius 2 is 2.17 bits per heavy atom. The van der Waals surface area contributed by atoms with Crippen molar-refractivity contribution < 1.29 is 13.5 Å². The van der Waals surface area contributed by atoms with Crippen LogP contribution < -0.4 is 15.8 Å². The van der Waals surface area contributed by atoms with Crippen molar-refractivity contribution in [3.63, 3.8) is 0 Å². The third-order valence-electron chi connectivity index (χ3n) is 3.30. The van der Waals surface area contributed by atoms with Crippen LogP contribution in [0.2, 0.25) is 0 Å². The number of hydrogen-bond acceptors (Lipinski definition) is 3. The molecule has 18 heavy (non-hydrogen) atoms. The molecule has 0 aliphatic carbocycles. The molecule has 1 saturated heterocycles. The molecule has 1 aromatic carbocycles. The summed E-state index contributed by atoms with van der Waals surface area (Å²) in [6, 6.07) is 2.47. The maximum atomic E-state index is 13.6. The molecule has 0 spiro atoms. The van der Waals surface area contributed by atoms with Crippen LogP contribution >= 0.6 is 0 Å². The fourth-order valence-electron chi connectivity index (χ4n) is 2.21. The number of ether oxygens (including phenoxy) is 1. The van der Waals surface area contributed by atoms with E-state index in [1.165, 1.54) is 6.07 Å².